The van der Waals surface area contributed by atoms with Crippen LogP contribution in [-0.4, -0.2) is 41.4 Å². The zero-order chi connectivity index (χ0) is 19.6. The molecule has 0 saturated carbocycles. The van der Waals surface area contributed by atoms with Gasteiger partial charge >= 0.3 is 0 Å². The zero-order valence-corrected chi connectivity index (χ0v) is 19.2. The highest BCUT2D eigenvalue weighted by Gasteiger charge is 2.12. The van der Waals surface area contributed by atoms with Gasteiger partial charge in [0.25, 0.3) is 0 Å². The standard InChI is InChI=1S/C20H27N3O4.HI/c1-21-20(22-12-14-6-8-16(24-2)9-7-14)23-13-15-10-18(26-4)19(27-5)11-17(15)25-3;/h6-11H,12-13H2,1-5H3,(H2,21,22,23);1H. The summed E-state index contributed by atoms with van der Waals surface area (Å²) in [6.45, 7) is 1.17. The Kier molecular flexibility index (Phi) is 10.3. The van der Waals surface area contributed by atoms with Crippen LogP contribution in [0.3, 0.4) is 0 Å². The van der Waals surface area contributed by atoms with Crippen LogP contribution in [0.5, 0.6) is 23.0 Å². The predicted molar refractivity (Wildman–Crippen MR) is 122 cm³/mol. The molecule has 0 atom stereocenters. The molecule has 0 fully saturated rings. The van der Waals surface area contributed by atoms with E-state index in [1.54, 1.807) is 35.5 Å². The SMILES string of the molecule is CN=C(NCc1ccc(OC)cc1)NCc1cc(OC)c(OC)cc1OC.I. The summed E-state index contributed by atoms with van der Waals surface area (Å²) in [5.41, 5.74) is 2.06. The molecule has 28 heavy (non-hydrogen) atoms. The minimum atomic E-state index is 0. The molecule has 0 aliphatic carbocycles. The second kappa shape index (κ2) is 12.2. The van der Waals surface area contributed by atoms with Crippen molar-refractivity contribution in [2.75, 3.05) is 35.5 Å². The Morgan fingerprint density at radius 2 is 1.36 bits per heavy atom. The summed E-state index contributed by atoms with van der Waals surface area (Å²) in [6.07, 6.45) is 0. The minimum Gasteiger partial charge on any atom is -0.497 e. The van der Waals surface area contributed by atoms with Gasteiger partial charge in [0, 0.05) is 31.8 Å². The summed E-state index contributed by atoms with van der Waals surface area (Å²) in [4.78, 5) is 4.26. The lowest BCUT2D eigenvalue weighted by atomic mass is 10.1. The van der Waals surface area contributed by atoms with Crippen molar-refractivity contribution < 1.29 is 18.9 Å². The Bertz CT molecular complexity index is 767. The number of nitrogens with zero attached hydrogens (tertiary/aromatic N) is 1. The highest BCUT2D eigenvalue weighted by atomic mass is 127. The summed E-state index contributed by atoms with van der Waals surface area (Å²) in [6, 6.07) is 11.6. The van der Waals surface area contributed by atoms with E-state index in [2.05, 4.69) is 15.6 Å². The first kappa shape index (κ1) is 23.7. The van der Waals surface area contributed by atoms with Crippen LogP contribution in [0.4, 0.5) is 0 Å². The van der Waals surface area contributed by atoms with Gasteiger partial charge in [0.2, 0.25) is 0 Å². The molecule has 0 saturated heterocycles. The van der Waals surface area contributed by atoms with E-state index in [-0.39, 0.29) is 24.0 Å². The third kappa shape index (κ3) is 6.36. The van der Waals surface area contributed by atoms with Crippen molar-refractivity contribution in [3.63, 3.8) is 0 Å². The largest absolute Gasteiger partial charge is 0.497 e. The van der Waals surface area contributed by atoms with Crippen molar-refractivity contribution in [3.8, 4) is 23.0 Å². The van der Waals surface area contributed by atoms with Gasteiger partial charge in [0.15, 0.2) is 17.5 Å². The fraction of sp³-hybridized carbons (Fsp3) is 0.350. The zero-order valence-electron chi connectivity index (χ0n) is 16.9. The van der Waals surface area contributed by atoms with E-state index in [1.807, 2.05) is 36.4 Å². The molecule has 2 aromatic rings. The van der Waals surface area contributed by atoms with Gasteiger partial charge in [-0.2, -0.15) is 0 Å². The normalized spacial score (nSPS) is 10.5. The van der Waals surface area contributed by atoms with E-state index < -0.39 is 0 Å². The van der Waals surface area contributed by atoms with E-state index >= 15 is 0 Å². The second-order valence-corrected chi connectivity index (χ2v) is 5.65. The van der Waals surface area contributed by atoms with E-state index in [4.69, 9.17) is 18.9 Å². The predicted octanol–water partition coefficient (Wildman–Crippen LogP) is 3.20. The van der Waals surface area contributed by atoms with Gasteiger partial charge in [-0.05, 0) is 23.8 Å². The number of ether oxygens (including phenoxy) is 4. The Labute approximate surface area is 183 Å². The molecule has 0 aromatic heterocycles. The van der Waals surface area contributed by atoms with Gasteiger partial charge < -0.3 is 29.6 Å². The van der Waals surface area contributed by atoms with Gasteiger partial charge in [-0.1, -0.05) is 12.1 Å². The highest BCUT2D eigenvalue weighted by molar-refractivity contribution is 14.0. The summed E-state index contributed by atoms with van der Waals surface area (Å²) in [5.74, 6) is 3.51. The molecule has 154 valence electrons. The first-order valence-electron chi connectivity index (χ1n) is 8.51. The molecule has 0 aliphatic heterocycles. The second-order valence-electron chi connectivity index (χ2n) is 5.65. The van der Waals surface area contributed by atoms with Crippen molar-refractivity contribution >= 4 is 29.9 Å². The smallest absolute Gasteiger partial charge is 0.191 e. The molecular formula is C20H28IN3O4. The van der Waals surface area contributed by atoms with Crippen molar-refractivity contribution in [2.45, 2.75) is 13.1 Å². The molecule has 0 radical (unpaired) electrons. The monoisotopic (exact) mass is 501 g/mol. The quantitative estimate of drug-likeness (QED) is 0.329. The average molecular weight is 501 g/mol. The molecule has 0 heterocycles. The number of aliphatic imine (C=N–C) groups is 1. The first-order valence-corrected chi connectivity index (χ1v) is 8.51. The van der Waals surface area contributed by atoms with Gasteiger partial charge in [0.05, 0.1) is 28.4 Å². The lowest BCUT2D eigenvalue weighted by Crippen LogP contribution is -2.36. The average Bonchev–Trinajstić information content (AvgIpc) is 2.73. The van der Waals surface area contributed by atoms with Crippen LogP contribution >= 0.6 is 24.0 Å². The Hall–Kier alpha value is -2.36. The van der Waals surface area contributed by atoms with Crippen LogP contribution in [0.15, 0.2) is 41.4 Å². The number of benzene rings is 2. The van der Waals surface area contributed by atoms with Crippen LogP contribution in [0.25, 0.3) is 0 Å². The molecule has 2 rings (SSSR count). The van der Waals surface area contributed by atoms with Gasteiger partial charge in [0.1, 0.15) is 11.5 Å². The van der Waals surface area contributed by atoms with Gasteiger partial charge in [-0.15, -0.1) is 24.0 Å². The van der Waals surface area contributed by atoms with Crippen LogP contribution in [0.1, 0.15) is 11.1 Å². The van der Waals surface area contributed by atoms with Crippen LogP contribution in [0, 0.1) is 0 Å². The molecule has 0 aliphatic rings. The molecule has 0 unspecified atom stereocenters. The van der Waals surface area contributed by atoms with Crippen molar-refractivity contribution in [1.82, 2.24) is 10.6 Å². The van der Waals surface area contributed by atoms with Crippen molar-refractivity contribution in [3.05, 3.63) is 47.5 Å². The summed E-state index contributed by atoms with van der Waals surface area (Å²) < 4.78 is 21.3. The van der Waals surface area contributed by atoms with Crippen LogP contribution in [0.2, 0.25) is 0 Å². The van der Waals surface area contributed by atoms with Crippen LogP contribution < -0.4 is 29.6 Å². The number of rotatable bonds is 8. The minimum absolute atomic E-state index is 0. The Balaban J connectivity index is 0.00000392. The maximum absolute atomic E-state index is 5.46. The number of hydrogen-bond donors (Lipinski definition) is 2. The van der Waals surface area contributed by atoms with Crippen LogP contribution in [-0.2, 0) is 13.1 Å². The molecule has 7 nitrogen and oxygen atoms in total. The number of methoxy groups -OCH3 is 4. The number of halogens is 1. The molecule has 0 bridgehead atoms. The lowest BCUT2D eigenvalue weighted by molar-refractivity contribution is 0.347. The summed E-state index contributed by atoms with van der Waals surface area (Å²) in [5, 5.41) is 6.56. The van der Waals surface area contributed by atoms with Crippen molar-refractivity contribution in [2.24, 2.45) is 4.99 Å². The van der Waals surface area contributed by atoms with E-state index in [1.165, 1.54) is 0 Å². The molecule has 0 amide bonds. The number of guanidine groups is 1. The molecule has 0 spiro atoms. The molecule has 8 heteroatoms. The fourth-order valence-corrected chi connectivity index (χ4v) is 2.56. The third-order valence-electron chi connectivity index (χ3n) is 4.08. The number of hydrogen-bond acceptors (Lipinski definition) is 5. The van der Waals surface area contributed by atoms with E-state index in [0.717, 1.165) is 16.9 Å². The summed E-state index contributed by atoms with van der Waals surface area (Å²) in [7, 11) is 8.22. The topological polar surface area (TPSA) is 73.3 Å². The Morgan fingerprint density at radius 3 is 1.89 bits per heavy atom. The maximum Gasteiger partial charge on any atom is 0.191 e. The molecular weight excluding hydrogens is 473 g/mol. The number of nitrogens with one attached hydrogen (secondary N) is 2. The van der Waals surface area contributed by atoms with E-state index in [9.17, 15) is 0 Å². The molecule has 2 N–H and O–H groups in total. The van der Waals surface area contributed by atoms with Crippen molar-refractivity contribution in [1.29, 1.82) is 0 Å². The molecule has 2 aromatic carbocycles. The first-order chi connectivity index (χ1) is 13.1. The van der Waals surface area contributed by atoms with Gasteiger partial charge in [-0.3, -0.25) is 4.99 Å². The lowest BCUT2D eigenvalue weighted by Gasteiger charge is -2.16. The van der Waals surface area contributed by atoms with Gasteiger partial charge in [-0.25, -0.2) is 0 Å². The summed E-state index contributed by atoms with van der Waals surface area (Å²) >= 11 is 0. The van der Waals surface area contributed by atoms with E-state index in [0.29, 0.717) is 36.3 Å². The fourth-order valence-electron chi connectivity index (χ4n) is 2.56. The Morgan fingerprint density at radius 1 is 0.786 bits per heavy atom. The highest BCUT2D eigenvalue weighted by Crippen LogP contribution is 2.34. The third-order valence-corrected chi connectivity index (χ3v) is 4.08. The maximum atomic E-state index is 5.46.